The number of pyridine rings is 1. The van der Waals surface area contributed by atoms with Crippen LogP contribution < -0.4 is 0 Å². The van der Waals surface area contributed by atoms with Gasteiger partial charge in [-0.25, -0.2) is 4.98 Å². The van der Waals surface area contributed by atoms with E-state index < -0.39 is 43.1 Å². The highest BCUT2D eigenvalue weighted by Gasteiger charge is 2.44. The Balaban J connectivity index is 1.57. The largest absolute Gasteiger partial charge is 0.394 e. The Kier molecular flexibility index (Phi) is 6.68. The summed E-state index contributed by atoms with van der Waals surface area (Å²) in [6, 6.07) is 12.0. The summed E-state index contributed by atoms with van der Waals surface area (Å²) < 4.78 is 18.7. The van der Waals surface area contributed by atoms with Gasteiger partial charge in [0, 0.05) is 33.0 Å². The molecule has 2 aromatic heterocycles. The van der Waals surface area contributed by atoms with Crippen molar-refractivity contribution in [3.05, 3.63) is 75.6 Å². The maximum absolute atomic E-state index is 13.1. The SMILES string of the molecule is OC[C@H]1O[C@@H](c2ccc(Cl)c(Cc3ccc(-c4ccc(F)nc4)s3)c2)C(O)[C@@H](O)[C@@H]1O. The number of halogens is 2. The van der Waals surface area contributed by atoms with Crippen molar-refractivity contribution in [1.29, 1.82) is 0 Å². The number of nitrogens with zero attached hydrogens (tertiary/aromatic N) is 1. The smallest absolute Gasteiger partial charge is 0.212 e. The molecule has 3 aromatic rings. The van der Waals surface area contributed by atoms with Crippen molar-refractivity contribution in [2.45, 2.75) is 36.9 Å². The Bertz CT molecular complexity index is 1040. The topological polar surface area (TPSA) is 103 Å². The second-order valence-electron chi connectivity index (χ2n) is 7.41. The number of benzene rings is 1. The fourth-order valence-electron chi connectivity index (χ4n) is 3.62. The van der Waals surface area contributed by atoms with Crippen molar-refractivity contribution in [1.82, 2.24) is 4.98 Å². The molecule has 1 fully saturated rings. The van der Waals surface area contributed by atoms with Crippen LogP contribution in [0, 0.1) is 5.95 Å². The average Bonchev–Trinajstić information content (AvgIpc) is 3.23. The van der Waals surface area contributed by atoms with Crippen LogP contribution in [-0.4, -0.2) is 56.4 Å². The minimum Gasteiger partial charge on any atom is -0.394 e. The molecule has 4 rings (SSSR count). The van der Waals surface area contributed by atoms with Gasteiger partial charge in [-0.1, -0.05) is 23.7 Å². The molecule has 1 aliphatic heterocycles. The molecular weight excluding hydrogens is 445 g/mol. The number of aromatic nitrogens is 1. The zero-order chi connectivity index (χ0) is 22.1. The van der Waals surface area contributed by atoms with Crippen LogP contribution in [-0.2, 0) is 11.2 Å². The molecule has 9 heteroatoms. The molecule has 1 aromatic carbocycles. The Morgan fingerprint density at radius 1 is 1.03 bits per heavy atom. The van der Waals surface area contributed by atoms with Gasteiger partial charge in [-0.2, -0.15) is 4.39 Å². The summed E-state index contributed by atoms with van der Waals surface area (Å²) in [4.78, 5) is 5.65. The summed E-state index contributed by atoms with van der Waals surface area (Å²) >= 11 is 7.92. The van der Waals surface area contributed by atoms with E-state index in [1.165, 1.54) is 23.6 Å². The molecule has 0 bridgehead atoms. The molecule has 164 valence electrons. The number of hydrogen-bond donors (Lipinski definition) is 4. The standard InChI is InChI=1S/C22H21ClFNO5S/c23-15-4-1-11(22-21(29)20(28)19(27)16(10-26)30-22)7-13(15)8-14-3-5-17(31-14)12-2-6-18(24)25-9-12/h1-7,9,16,19-22,26-29H,8,10H2/t16-,19-,20+,21?,22+/m1/s1. The molecule has 31 heavy (non-hydrogen) atoms. The van der Waals surface area contributed by atoms with Crippen LogP contribution in [0.15, 0.2) is 48.7 Å². The predicted octanol–water partition coefficient (Wildman–Crippen LogP) is 2.71. The number of thiophene rings is 1. The number of aliphatic hydroxyl groups is 4. The number of ether oxygens (including phenoxy) is 1. The summed E-state index contributed by atoms with van der Waals surface area (Å²) in [5.41, 5.74) is 2.19. The first-order valence-corrected chi connectivity index (χ1v) is 10.9. The average molecular weight is 466 g/mol. The highest BCUT2D eigenvalue weighted by atomic mass is 35.5. The first-order valence-electron chi connectivity index (χ1n) is 9.67. The van der Waals surface area contributed by atoms with E-state index >= 15 is 0 Å². The van der Waals surface area contributed by atoms with Crippen LogP contribution in [0.5, 0.6) is 0 Å². The van der Waals surface area contributed by atoms with Gasteiger partial charge in [-0.05, 0) is 41.5 Å². The summed E-state index contributed by atoms with van der Waals surface area (Å²) in [7, 11) is 0. The van der Waals surface area contributed by atoms with Crippen molar-refractivity contribution in [2.24, 2.45) is 0 Å². The van der Waals surface area contributed by atoms with Crippen LogP contribution in [0.4, 0.5) is 4.39 Å². The Morgan fingerprint density at radius 2 is 1.84 bits per heavy atom. The van der Waals surface area contributed by atoms with E-state index in [-0.39, 0.29) is 0 Å². The minimum absolute atomic E-state index is 0.488. The van der Waals surface area contributed by atoms with Gasteiger partial charge >= 0.3 is 0 Å². The van der Waals surface area contributed by atoms with Crippen molar-refractivity contribution >= 4 is 22.9 Å². The Morgan fingerprint density at radius 3 is 2.55 bits per heavy atom. The molecule has 0 saturated carbocycles. The fraction of sp³-hybridized carbons (Fsp3) is 0.318. The predicted molar refractivity (Wildman–Crippen MR) is 114 cm³/mol. The molecule has 1 aliphatic rings. The Labute approximate surface area is 187 Å². The van der Waals surface area contributed by atoms with Gasteiger partial charge in [0.25, 0.3) is 0 Å². The molecule has 1 saturated heterocycles. The summed E-state index contributed by atoms with van der Waals surface area (Å²) in [6.45, 7) is -0.488. The number of rotatable bonds is 5. The lowest BCUT2D eigenvalue weighted by Gasteiger charge is -2.40. The van der Waals surface area contributed by atoms with Gasteiger partial charge in [0.1, 0.15) is 30.5 Å². The van der Waals surface area contributed by atoms with E-state index in [0.717, 1.165) is 20.9 Å². The zero-order valence-electron chi connectivity index (χ0n) is 16.2. The van der Waals surface area contributed by atoms with Gasteiger partial charge in [-0.15, -0.1) is 11.3 Å². The maximum Gasteiger partial charge on any atom is 0.212 e. The molecule has 6 nitrogen and oxygen atoms in total. The monoisotopic (exact) mass is 465 g/mol. The normalized spacial score (nSPS) is 26.2. The van der Waals surface area contributed by atoms with Crippen LogP contribution in [0.3, 0.4) is 0 Å². The molecule has 1 unspecified atom stereocenters. The lowest BCUT2D eigenvalue weighted by atomic mass is 9.90. The molecular formula is C22H21ClFNO5S. The molecule has 0 spiro atoms. The first-order chi connectivity index (χ1) is 14.9. The van der Waals surface area contributed by atoms with E-state index in [1.807, 2.05) is 12.1 Å². The van der Waals surface area contributed by atoms with E-state index in [2.05, 4.69) is 4.98 Å². The van der Waals surface area contributed by atoms with Gasteiger partial charge in [0.2, 0.25) is 5.95 Å². The molecule has 0 radical (unpaired) electrons. The van der Waals surface area contributed by atoms with E-state index in [0.29, 0.717) is 17.0 Å². The Hall–Kier alpha value is -1.91. The number of hydrogen-bond acceptors (Lipinski definition) is 7. The van der Waals surface area contributed by atoms with Gasteiger partial charge in [0.05, 0.1) is 6.61 Å². The van der Waals surface area contributed by atoms with Crippen molar-refractivity contribution in [2.75, 3.05) is 6.61 Å². The van der Waals surface area contributed by atoms with Crippen LogP contribution in [0.2, 0.25) is 5.02 Å². The zero-order valence-corrected chi connectivity index (χ0v) is 17.8. The van der Waals surface area contributed by atoms with Crippen molar-refractivity contribution < 1.29 is 29.6 Å². The molecule has 4 N–H and O–H groups in total. The van der Waals surface area contributed by atoms with Crippen LogP contribution in [0.25, 0.3) is 10.4 Å². The lowest BCUT2D eigenvalue weighted by molar-refractivity contribution is -0.231. The molecule has 0 aliphatic carbocycles. The van der Waals surface area contributed by atoms with Gasteiger partial charge < -0.3 is 25.2 Å². The minimum atomic E-state index is -1.45. The third-order valence-electron chi connectivity index (χ3n) is 5.33. The molecule has 0 amide bonds. The van der Waals surface area contributed by atoms with E-state index in [1.54, 1.807) is 24.3 Å². The number of aliphatic hydroxyl groups excluding tert-OH is 4. The quantitative estimate of drug-likeness (QED) is 0.432. The molecule has 5 atom stereocenters. The third kappa shape index (κ3) is 4.65. The van der Waals surface area contributed by atoms with Crippen LogP contribution >= 0.6 is 22.9 Å². The van der Waals surface area contributed by atoms with Gasteiger partial charge in [-0.3, -0.25) is 0 Å². The van der Waals surface area contributed by atoms with E-state index in [4.69, 9.17) is 16.3 Å². The van der Waals surface area contributed by atoms with Gasteiger partial charge in [0.15, 0.2) is 0 Å². The second-order valence-corrected chi connectivity index (χ2v) is 8.99. The summed E-state index contributed by atoms with van der Waals surface area (Å²) in [5, 5.41) is 40.4. The van der Waals surface area contributed by atoms with Crippen molar-refractivity contribution in [3.8, 4) is 10.4 Å². The second kappa shape index (κ2) is 9.30. The fourth-order valence-corrected chi connectivity index (χ4v) is 4.83. The van der Waals surface area contributed by atoms with Crippen LogP contribution in [0.1, 0.15) is 22.1 Å². The first kappa shape index (κ1) is 22.3. The highest BCUT2D eigenvalue weighted by molar-refractivity contribution is 7.15. The maximum atomic E-state index is 13.1. The van der Waals surface area contributed by atoms with E-state index in [9.17, 15) is 24.8 Å². The lowest BCUT2D eigenvalue weighted by Crippen LogP contribution is -2.55. The summed E-state index contributed by atoms with van der Waals surface area (Å²) in [6.07, 6.45) is -4.11. The third-order valence-corrected chi connectivity index (χ3v) is 6.83. The molecule has 3 heterocycles. The highest BCUT2D eigenvalue weighted by Crippen LogP contribution is 2.35. The summed E-state index contributed by atoms with van der Waals surface area (Å²) in [5.74, 6) is -0.530. The van der Waals surface area contributed by atoms with Crippen molar-refractivity contribution in [3.63, 3.8) is 0 Å².